The van der Waals surface area contributed by atoms with Crippen LogP contribution in [0, 0.1) is 6.92 Å². The molecule has 4 aromatic carbocycles. The number of amides is 1. The van der Waals surface area contributed by atoms with Gasteiger partial charge in [-0.15, -0.1) is 0 Å². The highest BCUT2D eigenvalue weighted by Gasteiger charge is 2.31. The summed E-state index contributed by atoms with van der Waals surface area (Å²) in [6.45, 7) is 4.29. The molecule has 0 spiro atoms. The Bertz CT molecular complexity index is 1730. The van der Waals surface area contributed by atoms with E-state index < -0.39 is 5.97 Å². The average Bonchev–Trinajstić information content (AvgIpc) is 3.21. The Morgan fingerprint density at radius 3 is 2.61 bits per heavy atom. The molecule has 1 saturated heterocycles. The molecule has 1 amide bonds. The first-order chi connectivity index (χ1) is 19.8. The van der Waals surface area contributed by atoms with Crippen molar-refractivity contribution in [1.29, 1.82) is 0 Å². The molecule has 0 atom stereocenters. The van der Waals surface area contributed by atoms with E-state index in [1.165, 1.54) is 22.7 Å². The van der Waals surface area contributed by atoms with E-state index in [0.29, 0.717) is 56.6 Å². The Kier molecular flexibility index (Phi) is 8.33. The van der Waals surface area contributed by atoms with Gasteiger partial charge >= 0.3 is 5.97 Å². The number of likely N-dealkylation sites (N-methyl/N-ethyl adjacent to an activating group) is 1. The maximum Gasteiger partial charge on any atom is 0.336 e. The molecule has 208 valence electrons. The number of amidine groups is 1. The number of carboxylic acid groups (broad SMARTS) is 1. The van der Waals surface area contributed by atoms with E-state index in [2.05, 4.69) is 23.2 Å². The van der Waals surface area contributed by atoms with Gasteiger partial charge in [0.1, 0.15) is 6.61 Å². The van der Waals surface area contributed by atoms with E-state index in [9.17, 15) is 14.7 Å². The van der Waals surface area contributed by atoms with E-state index >= 15 is 0 Å². The van der Waals surface area contributed by atoms with Gasteiger partial charge < -0.3 is 14.6 Å². The summed E-state index contributed by atoms with van der Waals surface area (Å²) in [5.41, 5.74) is 2.88. The van der Waals surface area contributed by atoms with E-state index in [0.717, 1.165) is 16.3 Å². The van der Waals surface area contributed by atoms with Gasteiger partial charge in [0.25, 0.3) is 5.91 Å². The molecular formula is C32H27ClN2O5S. The molecule has 0 aromatic heterocycles. The van der Waals surface area contributed by atoms with Crippen molar-refractivity contribution in [3.05, 3.63) is 105 Å². The summed E-state index contributed by atoms with van der Waals surface area (Å²) in [6.07, 6.45) is 1.73. The number of hydrogen-bond acceptors (Lipinski definition) is 6. The number of aromatic carboxylic acids is 1. The number of aliphatic imine (C=N–C) groups is 1. The van der Waals surface area contributed by atoms with Gasteiger partial charge in [0, 0.05) is 7.05 Å². The van der Waals surface area contributed by atoms with Gasteiger partial charge in [-0.2, -0.15) is 0 Å². The van der Waals surface area contributed by atoms with Gasteiger partial charge in [-0.3, -0.25) is 9.69 Å². The van der Waals surface area contributed by atoms with Crippen LogP contribution in [0.5, 0.6) is 11.5 Å². The highest BCUT2D eigenvalue weighted by molar-refractivity contribution is 8.18. The fourth-order valence-electron chi connectivity index (χ4n) is 4.52. The van der Waals surface area contributed by atoms with Crippen LogP contribution < -0.4 is 9.47 Å². The fourth-order valence-corrected chi connectivity index (χ4v) is 5.78. The van der Waals surface area contributed by atoms with Gasteiger partial charge in [-0.05, 0) is 83.4 Å². The summed E-state index contributed by atoms with van der Waals surface area (Å²) in [5, 5.41) is 12.5. The van der Waals surface area contributed by atoms with Gasteiger partial charge in [0.15, 0.2) is 16.7 Å². The van der Waals surface area contributed by atoms with Gasteiger partial charge in [0.2, 0.25) is 0 Å². The van der Waals surface area contributed by atoms with Crippen LogP contribution >= 0.6 is 23.4 Å². The van der Waals surface area contributed by atoms with Crippen LogP contribution in [-0.4, -0.2) is 40.7 Å². The van der Waals surface area contributed by atoms with Crippen LogP contribution in [0.3, 0.4) is 0 Å². The molecule has 1 aliphatic rings. The molecule has 9 heteroatoms. The van der Waals surface area contributed by atoms with Gasteiger partial charge in [-0.25, -0.2) is 9.79 Å². The molecule has 0 radical (unpaired) electrons. The fraction of sp³-hybridized carbons (Fsp3) is 0.156. The number of fused-ring (bicyclic) bond motifs is 1. The number of benzene rings is 4. The van der Waals surface area contributed by atoms with Crippen LogP contribution in [0.1, 0.15) is 34.0 Å². The zero-order valence-corrected chi connectivity index (χ0v) is 24.3. The standard InChI is InChI=1S/C32H27ClN2O5S/c1-4-39-27-16-20(15-25(33)29(27)40-18-22-11-7-10-21-9-5-6-12-24(21)22)17-28-30(36)35(3)32(41-28)34-26-14-8-13-23(19(26)2)31(37)38/h5-17H,4,18H2,1-3H3,(H,37,38)/b28-17-,34-32?. The Labute approximate surface area is 247 Å². The Morgan fingerprint density at radius 2 is 1.83 bits per heavy atom. The van der Waals surface area contributed by atoms with Gasteiger partial charge in [-0.1, -0.05) is 60.1 Å². The lowest BCUT2D eigenvalue weighted by Crippen LogP contribution is -2.23. The minimum atomic E-state index is -1.03. The maximum absolute atomic E-state index is 13.1. The molecule has 41 heavy (non-hydrogen) atoms. The van der Waals surface area contributed by atoms with Crippen molar-refractivity contribution >= 4 is 62.9 Å². The Balaban J connectivity index is 1.42. The van der Waals surface area contributed by atoms with Gasteiger partial charge in [0.05, 0.1) is 27.8 Å². The Hall–Kier alpha value is -4.27. The number of thioether (sulfide) groups is 1. The topological polar surface area (TPSA) is 88.4 Å². The lowest BCUT2D eigenvalue weighted by Gasteiger charge is -2.15. The highest BCUT2D eigenvalue weighted by Crippen LogP contribution is 2.40. The minimum Gasteiger partial charge on any atom is -0.490 e. The van der Waals surface area contributed by atoms with Crippen molar-refractivity contribution in [2.24, 2.45) is 4.99 Å². The summed E-state index contributed by atoms with van der Waals surface area (Å²) in [7, 11) is 1.63. The summed E-state index contributed by atoms with van der Waals surface area (Å²) >= 11 is 7.89. The second-order valence-corrected chi connectivity index (χ2v) is 10.7. The number of rotatable bonds is 8. The first kappa shape index (κ1) is 28.3. The third-order valence-corrected chi connectivity index (χ3v) is 7.98. The largest absolute Gasteiger partial charge is 0.490 e. The number of nitrogens with zero attached hydrogens (tertiary/aromatic N) is 2. The third kappa shape index (κ3) is 5.94. The zero-order valence-electron chi connectivity index (χ0n) is 22.7. The Morgan fingerprint density at radius 1 is 1.07 bits per heavy atom. The maximum atomic E-state index is 13.1. The minimum absolute atomic E-state index is 0.167. The summed E-state index contributed by atoms with van der Waals surface area (Å²) in [4.78, 5) is 31.1. The monoisotopic (exact) mass is 586 g/mol. The van der Waals surface area contributed by atoms with Crippen LogP contribution in [0.15, 0.2) is 82.7 Å². The van der Waals surface area contributed by atoms with Crippen molar-refractivity contribution in [3.63, 3.8) is 0 Å². The van der Waals surface area contributed by atoms with Crippen molar-refractivity contribution < 1.29 is 24.2 Å². The number of ether oxygens (including phenoxy) is 2. The molecule has 1 fully saturated rings. The second-order valence-electron chi connectivity index (χ2n) is 9.31. The van der Waals surface area contributed by atoms with Crippen molar-refractivity contribution in [2.75, 3.05) is 13.7 Å². The zero-order chi connectivity index (χ0) is 29.1. The first-order valence-corrected chi connectivity index (χ1v) is 14.1. The lowest BCUT2D eigenvalue weighted by atomic mass is 10.1. The average molecular weight is 587 g/mol. The van der Waals surface area contributed by atoms with E-state index in [1.54, 1.807) is 44.3 Å². The SMILES string of the molecule is CCOc1cc(/C=C2\SC(=Nc3cccc(C(=O)O)c3C)N(C)C2=O)cc(Cl)c1OCc1cccc2ccccc12. The molecule has 0 unspecified atom stereocenters. The smallest absolute Gasteiger partial charge is 0.336 e. The molecule has 0 saturated carbocycles. The molecule has 1 heterocycles. The summed E-state index contributed by atoms with van der Waals surface area (Å²) in [6, 6.07) is 22.6. The number of halogens is 1. The van der Waals surface area contributed by atoms with Crippen LogP contribution in [0.25, 0.3) is 16.8 Å². The second kappa shape index (κ2) is 12.1. The lowest BCUT2D eigenvalue weighted by molar-refractivity contribution is -0.121. The molecule has 0 aliphatic carbocycles. The molecular weight excluding hydrogens is 560 g/mol. The predicted octanol–water partition coefficient (Wildman–Crippen LogP) is 7.71. The molecule has 1 aliphatic heterocycles. The molecule has 5 rings (SSSR count). The number of carboxylic acids is 1. The molecule has 4 aromatic rings. The van der Waals surface area contributed by atoms with Crippen molar-refractivity contribution in [2.45, 2.75) is 20.5 Å². The summed E-state index contributed by atoms with van der Waals surface area (Å²) < 4.78 is 12.1. The normalized spacial score (nSPS) is 15.2. The number of carbonyl (C=O) groups excluding carboxylic acids is 1. The molecule has 1 N–H and O–H groups in total. The summed E-state index contributed by atoms with van der Waals surface area (Å²) in [5.74, 6) is -0.348. The number of carbonyl (C=O) groups is 2. The van der Waals surface area contributed by atoms with Crippen LogP contribution in [0.2, 0.25) is 5.02 Å². The molecule has 0 bridgehead atoms. The van der Waals surface area contributed by atoms with Crippen LogP contribution in [0.4, 0.5) is 5.69 Å². The van der Waals surface area contributed by atoms with E-state index in [4.69, 9.17) is 21.1 Å². The highest BCUT2D eigenvalue weighted by atomic mass is 35.5. The molecule has 7 nitrogen and oxygen atoms in total. The van der Waals surface area contributed by atoms with Crippen LogP contribution in [-0.2, 0) is 11.4 Å². The predicted molar refractivity (Wildman–Crippen MR) is 164 cm³/mol. The van der Waals surface area contributed by atoms with Crippen molar-refractivity contribution in [3.8, 4) is 11.5 Å². The third-order valence-electron chi connectivity index (χ3n) is 6.64. The first-order valence-electron chi connectivity index (χ1n) is 12.9. The van der Waals surface area contributed by atoms with E-state index in [1.807, 2.05) is 31.2 Å². The quantitative estimate of drug-likeness (QED) is 0.213. The van der Waals surface area contributed by atoms with E-state index in [-0.39, 0.29) is 11.5 Å². The number of hydrogen-bond donors (Lipinski definition) is 1. The van der Waals surface area contributed by atoms with Crippen molar-refractivity contribution in [1.82, 2.24) is 4.90 Å².